The summed E-state index contributed by atoms with van der Waals surface area (Å²) in [6, 6.07) is 14.5. The van der Waals surface area contributed by atoms with Crippen LogP contribution in [0.25, 0.3) is 11.5 Å². The first-order chi connectivity index (χ1) is 10.2. The summed E-state index contributed by atoms with van der Waals surface area (Å²) in [6.45, 7) is 0.149. The molecule has 4 nitrogen and oxygen atoms in total. The summed E-state index contributed by atoms with van der Waals surface area (Å²) in [5.41, 5.74) is 0.863. The molecule has 21 heavy (non-hydrogen) atoms. The minimum Gasteiger partial charge on any atom is -0.484 e. The Hall–Kier alpha value is -2.04. The Kier molecular flexibility index (Phi) is 4.08. The van der Waals surface area contributed by atoms with E-state index in [0.717, 1.165) is 5.56 Å². The van der Waals surface area contributed by atoms with Crippen molar-refractivity contribution in [3.05, 3.63) is 64.5 Å². The number of ether oxygens (including phenoxy) is 1. The molecule has 0 N–H and O–H groups in total. The molecule has 0 unspecified atom stereocenters. The fraction of sp³-hybridized carbons (Fsp3) is 0.0667. The third kappa shape index (κ3) is 3.54. The molecule has 1 aromatic heterocycles. The zero-order valence-electron chi connectivity index (χ0n) is 10.8. The summed E-state index contributed by atoms with van der Waals surface area (Å²) in [7, 11) is 0. The third-order valence-electron chi connectivity index (χ3n) is 2.69. The molecule has 106 valence electrons. The van der Waals surface area contributed by atoms with Crippen LogP contribution in [0.4, 0.5) is 0 Å². The molecule has 0 bridgehead atoms. The molecule has 2 aromatic carbocycles. The molecular weight excluding hydrogens is 311 g/mol. The Labute approximate surface area is 131 Å². The van der Waals surface area contributed by atoms with Crippen LogP contribution in [0.2, 0.25) is 10.0 Å². The first kappa shape index (κ1) is 13.9. The standard InChI is InChI=1S/C15H10Cl2N2O2/c16-11-6-12(17)8-13(7-11)20-9-14-18-19-15(21-14)10-4-2-1-3-5-10/h1-8H,9H2. The summed E-state index contributed by atoms with van der Waals surface area (Å²) in [6.07, 6.45) is 0. The van der Waals surface area contributed by atoms with Gasteiger partial charge in [-0.1, -0.05) is 41.4 Å². The van der Waals surface area contributed by atoms with Crippen LogP contribution in [0.5, 0.6) is 5.75 Å². The maximum atomic E-state index is 5.90. The fourth-order valence-electron chi connectivity index (χ4n) is 1.77. The van der Waals surface area contributed by atoms with Crippen LogP contribution in [0.3, 0.4) is 0 Å². The van der Waals surface area contributed by atoms with Gasteiger partial charge in [-0.15, -0.1) is 10.2 Å². The van der Waals surface area contributed by atoms with Gasteiger partial charge in [0.1, 0.15) is 5.75 Å². The molecule has 6 heteroatoms. The van der Waals surface area contributed by atoms with Gasteiger partial charge in [-0.25, -0.2) is 0 Å². The smallest absolute Gasteiger partial charge is 0.254 e. The summed E-state index contributed by atoms with van der Waals surface area (Å²) >= 11 is 11.8. The van der Waals surface area contributed by atoms with Crippen molar-refractivity contribution in [3.63, 3.8) is 0 Å². The molecule has 3 rings (SSSR count). The first-order valence-electron chi connectivity index (χ1n) is 6.17. The highest BCUT2D eigenvalue weighted by molar-refractivity contribution is 6.34. The number of rotatable bonds is 4. The van der Waals surface area contributed by atoms with Crippen LogP contribution < -0.4 is 4.74 Å². The molecule has 3 aromatic rings. The molecule has 0 atom stereocenters. The second kappa shape index (κ2) is 6.16. The van der Waals surface area contributed by atoms with E-state index in [2.05, 4.69) is 10.2 Å². The van der Waals surface area contributed by atoms with Crippen molar-refractivity contribution >= 4 is 23.2 Å². The number of hydrogen-bond donors (Lipinski definition) is 0. The van der Waals surface area contributed by atoms with Gasteiger partial charge in [0.2, 0.25) is 5.89 Å². The van der Waals surface area contributed by atoms with Crippen LogP contribution in [-0.2, 0) is 6.61 Å². The van der Waals surface area contributed by atoms with Gasteiger partial charge in [0.25, 0.3) is 5.89 Å². The molecule has 0 radical (unpaired) electrons. The van der Waals surface area contributed by atoms with E-state index in [9.17, 15) is 0 Å². The average Bonchev–Trinajstić information content (AvgIpc) is 2.94. The summed E-state index contributed by atoms with van der Waals surface area (Å²) in [5.74, 6) is 1.38. The van der Waals surface area contributed by atoms with Crippen molar-refractivity contribution in [2.24, 2.45) is 0 Å². The van der Waals surface area contributed by atoms with Gasteiger partial charge in [-0.2, -0.15) is 0 Å². The molecule has 0 fully saturated rings. The number of halogens is 2. The number of hydrogen-bond acceptors (Lipinski definition) is 4. The van der Waals surface area contributed by atoms with Crippen molar-refractivity contribution < 1.29 is 9.15 Å². The van der Waals surface area contributed by atoms with E-state index in [-0.39, 0.29) is 6.61 Å². The third-order valence-corrected chi connectivity index (χ3v) is 3.12. The molecular formula is C15H10Cl2N2O2. The minimum absolute atomic E-state index is 0.149. The fourth-order valence-corrected chi connectivity index (χ4v) is 2.27. The highest BCUT2D eigenvalue weighted by Gasteiger charge is 2.09. The average molecular weight is 321 g/mol. The van der Waals surface area contributed by atoms with Crippen molar-refractivity contribution in [2.75, 3.05) is 0 Å². The van der Waals surface area contributed by atoms with E-state index >= 15 is 0 Å². The largest absolute Gasteiger partial charge is 0.484 e. The van der Waals surface area contributed by atoms with E-state index in [0.29, 0.717) is 27.6 Å². The number of aromatic nitrogens is 2. The predicted molar refractivity (Wildman–Crippen MR) is 80.5 cm³/mol. The zero-order chi connectivity index (χ0) is 14.7. The van der Waals surface area contributed by atoms with Crippen LogP contribution in [0, 0.1) is 0 Å². The lowest BCUT2D eigenvalue weighted by atomic mass is 10.2. The van der Waals surface area contributed by atoms with Crippen LogP contribution >= 0.6 is 23.2 Å². The highest BCUT2D eigenvalue weighted by atomic mass is 35.5. The van der Waals surface area contributed by atoms with Crippen LogP contribution in [0.15, 0.2) is 52.9 Å². The van der Waals surface area contributed by atoms with Gasteiger partial charge in [-0.3, -0.25) is 0 Å². The quantitative estimate of drug-likeness (QED) is 0.703. The van der Waals surface area contributed by atoms with Gasteiger partial charge in [0.15, 0.2) is 6.61 Å². The second-order valence-corrected chi connectivity index (χ2v) is 5.13. The van der Waals surface area contributed by atoms with Crippen molar-refractivity contribution in [1.82, 2.24) is 10.2 Å². The molecule has 0 saturated heterocycles. The molecule has 0 aliphatic heterocycles. The van der Waals surface area contributed by atoms with Crippen molar-refractivity contribution in [1.29, 1.82) is 0 Å². The Bertz CT molecular complexity index is 724. The lowest BCUT2D eigenvalue weighted by Gasteiger charge is -2.04. The van der Waals surface area contributed by atoms with Gasteiger partial charge in [0, 0.05) is 15.6 Å². The van der Waals surface area contributed by atoms with E-state index in [1.54, 1.807) is 18.2 Å². The zero-order valence-corrected chi connectivity index (χ0v) is 12.3. The maximum absolute atomic E-state index is 5.90. The van der Waals surface area contributed by atoms with Gasteiger partial charge >= 0.3 is 0 Å². The van der Waals surface area contributed by atoms with Crippen LogP contribution in [0.1, 0.15) is 5.89 Å². The summed E-state index contributed by atoms with van der Waals surface area (Å²) < 4.78 is 11.1. The topological polar surface area (TPSA) is 48.2 Å². The summed E-state index contributed by atoms with van der Waals surface area (Å²) in [5, 5.41) is 8.94. The van der Waals surface area contributed by atoms with E-state index in [1.807, 2.05) is 30.3 Å². The first-order valence-corrected chi connectivity index (χ1v) is 6.93. The second-order valence-electron chi connectivity index (χ2n) is 4.26. The lowest BCUT2D eigenvalue weighted by Crippen LogP contribution is -1.95. The van der Waals surface area contributed by atoms with Crippen molar-refractivity contribution in [2.45, 2.75) is 6.61 Å². The SMILES string of the molecule is Clc1cc(Cl)cc(OCc2nnc(-c3ccccc3)o2)c1. The molecule has 0 saturated carbocycles. The Morgan fingerprint density at radius 2 is 1.67 bits per heavy atom. The Morgan fingerprint density at radius 3 is 2.38 bits per heavy atom. The van der Waals surface area contributed by atoms with Gasteiger partial charge < -0.3 is 9.15 Å². The number of nitrogens with zero attached hydrogens (tertiary/aromatic N) is 2. The molecule has 0 spiro atoms. The lowest BCUT2D eigenvalue weighted by molar-refractivity contribution is 0.264. The molecule has 0 aliphatic rings. The molecule has 0 aliphatic carbocycles. The summed E-state index contributed by atoms with van der Waals surface area (Å²) in [4.78, 5) is 0. The predicted octanol–water partition coefficient (Wildman–Crippen LogP) is 4.62. The number of benzene rings is 2. The van der Waals surface area contributed by atoms with E-state index in [1.165, 1.54) is 0 Å². The van der Waals surface area contributed by atoms with E-state index < -0.39 is 0 Å². The van der Waals surface area contributed by atoms with Crippen molar-refractivity contribution in [3.8, 4) is 17.2 Å². The Morgan fingerprint density at radius 1 is 0.952 bits per heavy atom. The maximum Gasteiger partial charge on any atom is 0.254 e. The van der Waals surface area contributed by atoms with Gasteiger partial charge in [-0.05, 0) is 30.3 Å². The van der Waals surface area contributed by atoms with Crippen LogP contribution in [-0.4, -0.2) is 10.2 Å². The normalized spacial score (nSPS) is 10.6. The highest BCUT2D eigenvalue weighted by Crippen LogP contribution is 2.25. The van der Waals surface area contributed by atoms with Gasteiger partial charge in [0.05, 0.1) is 0 Å². The molecule has 0 amide bonds. The minimum atomic E-state index is 0.149. The van der Waals surface area contributed by atoms with E-state index in [4.69, 9.17) is 32.4 Å². The Balaban J connectivity index is 1.70. The monoisotopic (exact) mass is 320 g/mol. The molecule has 1 heterocycles.